The normalized spacial score (nSPS) is 13.4. The SMILES string of the molecule is CC(C)c1ccccc1.CCOC(=O)/C(C)=C/C(C(C)C)N(C)C(=O)C(NC(=O)CNC)C(C)(C)C. The molecular weight excluding hydrogens is 454 g/mol. The Morgan fingerprint density at radius 2 is 1.61 bits per heavy atom. The van der Waals surface area contributed by atoms with Crippen molar-refractivity contribution in [2.75, 3.05) is 27.2 Å². The van der Waals surface area contributed by atoms with Gasteiger partial charge >= 0.3 is 5.97 Å². The number of likely N-dealkylation sites (N-methyl/N-ethyl adjacent to an activating group) is 2. The Kier molecular flexibility index (Phi) is 15.0. The minimum absolute atomic E-state index is 0.0805. The largest absolute Gasteiger partial charge is 0.463 e. The van der Waals surface area contributed by atoms with E-state index in [1.54, 1.807) is 38.9 Å². The number of nitrogens with zero attached hydrogens (tertiary/aromatic N) is 1. The molecule has 2 N–H and O–H groups in total. The quantitative estimate of drug-likeness (QED) is 0.362. The number of carbonyl (C=O) groups excluding carboxylic acids is 3. The zero-order valence-corrected chi connectivity index (χ0v) is 24.3. The lowest BCUT2D eigenvalue weighted by Gasteiger charge is -2.37. The Bertz CT molecular complexity index is 842. The highest BCUT2D eigenvalue weighted by molar-refractivity contribution is 5.90. The molecular formula is C29H49N3O4. The number of ether oxygens (including phenoxy) is 1. The summed E-state index contributed by atoms with van der Waals surface area (Å²) in [5, 5.41) is 5.61. The smallest absolute Gasteiger partial charge is 0.333 e. The van der Waals surface area contributed by atoms with E-state index in [1.807, 2.05) is 40.7 Å². The molecule has 0 saturated heterocycles. The minimum Gasteiger partial charge on any atom is -0.463 e. The van der Waals surface area contributed by atoms with Crippen LogP contribution in [0.25, 0.3) is 0 Å². The fraction of sp³-hybridized carbons (Fsp3) is 0.621. The Balaban J connectivity index is 0.00000113. The predicted molar refractivity (Wildman–Crippen MR) is 148 cm³/mol. The van der Waals surface area contributed by atoms with Crippen molar-refractivity contribution >= 4 is 17.8 Å². The molecule has 7 heteroatoms. The van der Waals surface area contributed by atoms with Gasteiger partial charge in [0, 0.05) is 12.6 Å². The zero-order valence-electron chi connectivity index (χ0n) is 24.3. The van der Waals surface area contributed by atoms with Gasteiger partial charge in [-0.3, -0.25) is 9.59 Å². The van der Waals surface area contributed by atoms with Crippen LogP contribution in [0.5, 0.6) is 0 Å². The molecule has 2 unspecified atom stereocenters. The van der Waals surface area contributed by atoms with Gasteiger partial charge in [0.1, 0.15) is 6.04 Å². The Morgan fingerprint density at radius 3 is 2.00 bits per heavy atom. The Labute approximate surface area is 219 Å². The van der Waals surface area contributed by atoms with Crippen LogP contribution in [0.15, 0.2) is 42.0 Å². The first kappa shape index (κ1) is 33.3. The molecule has 1 aromatic rings. The second-order valence-electron chi connectivity index (χ2n) is 10.7. The van der Waals surface area contributed by atoms with E-state index in [-0.39, 0.29) is 30.3 Å². The topological polar surface area (TPSA) is 87.7 Å². The lowest BCUT2D eigenvalue weighted by Crippen LogP contribution is -2.57. The van der Waals surface area contributed by atoms with Gasteiger partial charge in [0.2, 0.25) is 11.8 Å². The van der Waals surface area contributed by atoms with E-state index >= 15 is 0 Å². The van der Waals surface area contributed by atoms with Crippen LogP contribution in [0.3, 0.4) is 0 Å². The lowest BCUT2D eigenvalue weighted by atomic mass is 9.85. The number of esters is 1. The third-order valence-electron chi connectivity index (χ3n) is 5.72. The number of carbonyl (C=O) groups is 3. The second-order valence-corrected chi connectivity index (χ2v) is 10.7. The number of benzene rings is 1. The highest BCUT2D eigenvalue weighted by Crippen LogP contribution is 2.23. The van der Waals surface area contributed by atoms with Crippen LogP contribution in [-0.4, -0.2) is 62.0 Å². The number of amides is 2. The molecule has 0 spiro atoms. The van der Waals surface area contributed by atoms with Crippen molar-refractivity contribution < 1.29 is 19.1 Å². The third-order valence-corrected chi connectivity index (χ3v) is 5.72. The van der Waals surface area contributed by atoms with Gasteiger partial charge in [0.05, 0.1) is 19.2 Å². The van der Waals surface area contributed by atoms with Crippen molar-refractivity contribution in [1.82, 2.24) is 15.5 Å². The summed E-state index contributed by atoms with van der Waals surface area (Å²) in [6.07, 6.45) is 1.76. The molecule has 0 heterocycles. The van der Waals surface area contributed by atoms with Crippen LogP contribution in [-0.2, 0) is 19.1 Å². The molecule has 2 atom stereocenters. The van der Waals surface area contributed by atoms with Crippen LogP contribution in [0.1, 0.15) is 73.8 Å². The van der Waals surface area contributed by atoms with Crippen LogP contribution in [0.4, 0.5) is 0 Å². The molecule has 0 bridgehead atoms. The van der Waals surface area contributed by atoms with Gasteiger partial charge in [-0.2, -0.15) is 0 Å². The summed E-state index contributed by atoms with van der Waals surface area (Å²) in [4.78, 5) is 38.8. The molecule has 0 saturated carbocycles. The molecule has 1 rings (SSSR count). The van der Waals surface area contributed by atoms with Gasteiger partial charge in [0.15, 0.2) is 0 Å². The van der Waals surface area contributed by atoms with Crippen molar-refractivity contribution in [2.45, 2.75) is 80.3 Å². The second kappa shape index (κ2) is 16.1. The van der Waals surface area contributed by atoms with Gasteiger partial charge in [-0.25, -0.2) is 4.79 Å². The molecule has 0 aliphatic rings. The molecule has 0 aliphatic heterocycles. The van der Waals surface area contributed by atoms with E-state index in [9.17, 15) is 14.4 Å². The highest BCUT2D eigenvalue weighted by Gasteiger charge is 2.36. The van der Waals surface area contributed by atoms with Gasteiger partial charge in [-0.15, -0.1) is 0 Å². The minimum atomic E-state index is -0.680. The van der Waals surface area contributed by atoms with E-state index in [4.69, 9.17) is 4.74 Å². The number of hydrogen-bond acceptors (Lipinski definition) is 5. The van der Waals surface area contributed by atoms with E-state index < -0.39 is 17.4 Å². The van der Waals surface area contributed by atoms with Crippen LogP contribution < -0.4 is 10.6 Å². The highest BCUT2D eigenvalue weighted by atomic mass is 16.5. The standard InChI is InChI=1S/C20H37N3O4.C9H12/c1-10-27-19(26)14(4)11-15(13(2)3)23(9)18(25)17(20(5,6)7)22-16(24)12-21-8;1-8(2)9-6-4-3-5-7-9/h11,13,15,17,21H,10,12H2,1-9H3,(H,22,24);3-8H,1-2H3/b14-11+;. The van der Waals surface area contributed by atoms with E-state index in [0.717, 1.165) is 0 Å². The maximum Gasteiger partial charge on any atom is 0.333 e. The first-order valence-corrected chi connectivity index (χ1v) is 12.8. The summed E-state index contributed by atoms with van der Waals surface area (Å²) in [6, 6.07) is 9.54. The molecule has 0 aliphatic carbocycles. The summed E-state index contributed by atoms with van der Waals surface area (Å²) in [7, 11) is 3.38. The van der Waals surface area contributed by atoms with Crippen LogP contribution >= 0.6 is 0 Å². The molecule has 2 amide bonds. The number of rotatable bonds is 10. The molecule has 0 radical (unpaired) electrons. The van der Waals surface area contributed by atoms with E-state index in [0.29, 0.717) is 18.1 Å². The predicted octanol–water partition coefficient (Wildman–Crippen LogP) is 4.54. The average Bonchev–Trinajstić information content (AvgIpc) is 2.80. The van der Waals surface area contributed by atoms with Crippen molar-refractivity contribution in [1.29, 1.82) is 0 Å². The van der Waals surface area contributed by atoms with Gasteiger partial charge in [-0.05, 0) is 43.7 Å². The maximum atomic E-state index is 13.2. The zero-order chi connectivity index (χ0) is 28.1. The Morgan fingerprint density at radius 1 is 1.06 bits per heavy atom. The molecule has 7 nitrogen and oxygen atoms in total. The van der Waals surface area contributed by atoms with Gasteiger partial charge < -0.3 is 20.3 Å². The fourth-order valence-corrected chi connectivity index (χ4v) is 3.53. The molecule has 204 valence electrons. The van der Waals surface area contributed by atoms with Crippen molar-refractivity contribution in [3.05, 3.63) is 47.5 Å². The number of nitrogens with one attached hydrogen (secondary N) is 2. The third kappa shape index (κ3) is 11.8. The molecule has 0 aromatic heterocycles. The van der Waals surface area contributed by atoms with Crippen LogP contribution in [0, 0.1) is 11.3 Å². The summed E-state index contributed by atoms with van der Waals surface area (Å²) in [6.45, 7) is 18.0. The first-order valence-electron chi connectivity index (χ1n) is 12.8. The summed E-state index contributed by atoms with van der Waals surface area (Å²) in [5.74, 6) is -0.0843. The van der Waals surface area contributed by atoms with Gasteiger partial charge in [0.25, 0.3) is 0 Å². The molecule has 0 fully saturated rings. The van der Waals surface area contributed by atoms with Crippen LogP contribution in [0.2, 0.25) is 0 Å². The first-order chi connectivity index (χ1) is 16.7. The lowest BCUT2D eigenvalue weighted by molar-refractivity contribution is -0.140. The molecule has 36 heavy (non-hydrogen) atoms. The summed E-state index contributed by atoms with van der Waals surface area (Å²) in [5.41, 5.74) is 1.41. The van der Waals surface area contributed by atoms with E-state index in [2.05, 4.69) is 48.7 Å². The average molecular weight is 504 g/mol. The van der Waals surface area contributed by atoms with E-state index in [1.165, 1.54) is 5.56 Å². The number of hydrogen-bond donors (Lipinski definition) is 2. The summed E-state index contributed by atoms with van der Waals surface area (Å²) < 4.78 is 5.03. The Hall–Kier alpha value is -2.67. The monoisotopic (exact) mass is 503 g/mol. The van der Waals surface area contributed by atoms with Crippen molar-refractivity contribution in [2.24, 2.45) is 11.3 Å². The molecule has 1 aromatic carbocycles. The maximum absolute atomic E-state index is 13.2. The van der Waals surface area contributed by atoms with Crippen molar-refractivity contribution in [3.8, 4) is 0 Å². The van der Waals surface area contributed by atoms with Gasteiger partial charge in [-0.1, -0.05) is 84.9 Å². The van der Waals surface area contributed by atoms with Crippen molar-refractivity contribution in [3.63, 3.8) is 0 Å². The summed E-state index contributed by atoms with van der Waals surface area (Å²) >= 11 is 0. The fourth-order valence-electron chi connectivity index (χ4n) is 3.53.